The van der Waals surface area contributed by atoms with Crippen LogP contribution in [0.3, 0.4) is 0 Å². The summed E-state index contributed by atoms with van der Waals surface area (Å²) in [4.78, 5) is 6.80. The van der Waals surface area contributed by atoms with Crippen LogP contribution in [0.2, 0.25) is 0 Å². The number of benzene rings is 2. The topological polar surface area (TPSA) is 68.3 Å². The number of nitrogens with zero attached hydrogens (tertiary/aromatic N) is 5. The number of aryl methyl sites for hydroxylation is 1. The van der Waals surface area contributed by atoms with Crippen molar-refractivity contribution in [1.82, 2.24) is 9.55 Å². The van der Waals surface area contributed by atoms with Crippen molar-refractivity contribution >= 4 is 28.7 Å². The third-order valence-corrected chi connectivity index (χ3v) is 6.13. The standard InChI is InChI=1S/C23H19F4N5OS/c1-22(2)20(33)31(14-5-4-13(10-28)17(8-14)23(25,26)27)21(34)32(22)15-6-7-16(18(24)9-15)19-11-30(3)12-29-19/h4-9,11-12,20,33H,1-3H3. The Hall–Kier alpha value is -3.49. The lowest BCUT2D eigenvalue weighted by Gasteiger charge is -2.33. The van der Waals surface area contributed by atoms with Crippen LogP contribution in [0.25, 0.3) is 11.3 Å². The van der Waals surface area contributed by atoms with Crippen molar-refractivity contribution in [2.75, 3.05) is 9.80 Å². The number of aliphatic hydroxyl groups is 1. The minimum Gasteiger partial charge on any atom is -0.371 e. The Morgan fingerprint density at radius 2 is 1.82 bits per heavy atom. The van der Waals surface area contributed by atoms with E-state index in [9.17, 15) is 18.3 Å². The SMILES string of the molecule is Cn1cnc(-c2ccc(N3C(=S)N(c4ccc(C#N)c(C(F)(F)F)c4)C(O)C3(C)C)cc2F)c1. The van der Waals surface area contributed by atoms with Crippen molar-refractivity contribution in [3.05, 3.63) is 65.9 Å². The van der Waals surface area contributed by atoms with E-state index in [0.29, 0.717) is 11.4 Å². The van der Waals surface area contributed by atoms with E-state index < -0.39 is 34.9 Å². The molecule has 0 aliphatic carbocycles. The number of aromatic nitrogens is 2. The number of nitriles is 1. The molecular weight excluding hydrogens is 470 g/mol. The van der Waals surface area contributed by atoms with Gasteiger partial charge in [0.1, 0.15) is 5.82 Å². The molecule has 1 aliphatic heterocycles. The Morgan fingerprint density at radius 1 is 1.15 bits per heavy atom. The summed E-state index contributed by atoms with van der Waals surface area (Å²) < 4.78 is 57.2. The Morgan fingerprint density at radius 3 is 2.38 bits per heavy atom. The molecule has 0 radical (unpaired) electrons. The highest BCUT2D eigenvalue weighted by Crippen LogP contribution is 2.42. The van der Waals surface area contributed by atoms with E-state index in [-0.39, 0.29) is 16.4 Å². The summed E-state index contributed by atoms with van der Waals surface area (Å²) in [5, 5.41) is 20.1. The molecule has 6 nitrogen and oxygen atoms in total. The van der Waals surface area contributed by atoms with Crippen molar-refractivity contribution in [3.63, 3.8) is 0 Å². The lowest BCUT2D eigenvalue weighted by molar-refractivity contribution is -0.137. The Kier molecular flexibility index (Phi) is 5.62. The second-order valence-corrected chi connectivity index (χ2v) is 8.81. The van der Waals surface area contributed by atoms with E-state index in [1.807, 2.05) is 0 Å². The number of aliphatic hydroxyl groups excluding tert-OH is 1. The number of thiocarbonyl (C=S) groups is 1. The van der Waals surface area contributed by atoms with E-state index in [2.05, 4.69) is 4.98 Å². The maximum Gasteiger partial charge on any atom is 0.417 e. The average molecular weight is 489 g/mol. The molecule has 1 unspecified atom stereocenters. The number of halogens is 4. The van der Waals surface area contributed by atoms with Gasteiger partial charge in [0.15, 0.2) is 11.3 Å². The van der Waals surface area contributed by atoms with Gasteiger partial charge in [0.2, 0.25) is 0 Å². The number of rotatable bonds is 3. The summed E-state index contributed by atoms with van der Waals surface area (Å²) in [6.07, 6.45) is -2.92. The molecule has 176 valence electrons. The van der Waals surface area contributed by atoms with Gasteiger partial charge in [-0.3, -0.25) is 4.90 Å². The van der Waals surface area contributed by atoms with Gasteiger partial charge < -0.3 is 14.6 Å². The van der Waals surface area contributed by atoms with Crippen LogP contribution in [-0.4, -0.2) is 31.5 Å². The van der Waals surface area contributed by atoms with Crippen LogP contribution in [0, 0.1) is 17.1 Å². The highest BCUT2D eigenvalue weighted by atomic mass is 32.1. The summed E-state index contributed by atoms with van der Waals surface area (Å²) in [5.74, 6) is -0.569. The molecule has 34 heavy (non-hydrogen) atoms. The van der Waals surface area contributed by atoms with Crippen LogP contribution in [-0.2, 0) is 13.2 Å². The molecule has 1 aromatic heterocycles. The monoisotopic (exact) mass is 489 g/mol. The molecule has 1 saturated heterocycles. The number of imidazole rings is 1. The minimum atomic E-state index is -4.77. The fraction of sp³-hybridized carbons (Fsp3) is 0.261. The van der Waals surface area contributed by atoms with Gasteiger partial charge in [0.25, 0.3) is 0 Å². The maximum atomic E-state index is 15.0. The fourth-order valence-electron chi connectivity index (χ4n) is 4.00. The molecule has 0 amide bonds. The molecular formula is C23H19F4N5OS. The second kappa shape index (κ2) is 8.07. The molecule has 2 heterocycles. The van der Waals surface area contributed by atoms with Crippen molar-refractivity contribution < 1.29 is 22.7 Å². The largest absolute Gasteiger partial charge is 0.417 e. The van der Waals surface area contributed by atoms with E-state index >= 15 is 4.39 Å². The van der Waals surface area contributed by atoms with Crippen molar-refractivity contribution in [1.29, 1.82) is 5.26 Å². The highest BCUT2D eigenvalue weighted by Gasteiger charge is 2.50. The lowest BCUT2D eigenvalue weighted by atomic mass is 10.0. The van der Waals surface area contributed by atoms with Gasteiger partial charge in [-0.15, -0.1) is 0 Å². The van der Waals surface area contributed by atoms with Gasteiger partial charge in [-0.05, 0) is 62.5 Å². The Bertz CT molecular complexity index is 1330. The van der Waals surface area contributed by atoms with Gasteiger partial charge in [-0.25, -0.2) is 9.37 Å². The first-order valence-corrected chi connectivity index (χ1v) is 10.5. The summed E-state index contributed by atoms with van der Waals surface area (Å²) in [6.45, 7) is 3.28. The number of hydrogen-bond donors (Lipinski definition) is 1. The molecule has 0 spiro atoms. The first kappa shape index (κ1) is 23.7. The Labute approximate surface area is 198 Å². The molecule has 1 N–H and O–H groups in total. The molecule has 1 aliphatic rings. The number of alkyl halides is 3. The van der Waals surface area contributed by atoms with Gasteiger partial charge >= 0.3 is 6.18 Å². The predicted molar refractivity (Wildman–Crippen MR) is 122 cm³/mol. The van der Waals surface area contributed by atoms with E-state index in [4.69, 9.17) is 17.5 Å². The van der Waals surface area contributed by atoms with Gasteiger partial charge in [-0.2, -0.15) is 18.4 Å². The van der Waals surface area contributed by atoms with E-state index in [0.717, 1.165) is 17.0 Å². The molecule has 0 saturated carbocycles. The third-order valence-electron chi connectivity index (χ3n) is 5.75. The zero-order valence-corrected chi connectivity index (χ0v) is 19.1. The summed E-state index contributed by atoms with van der Waals surface area (Å²) in [5.41, 5.74) is -1.81. The highest BCUT2D eigenvalue weighted by molar-refractivity contribution is 7.80. The quantitative estimate of drug-likeness (QED) is 0.420. The second-order valence-electron chi connectivity index (χ2n) is 8.44. The first-order valence-electron chi connectivity index (χ1n) is 10.1. The van der Waals surface area contributed by atoms with Crippen LogP contribution in [0.5, 0.6) is 0 Å². The van der Waals surface area contributed by atoms with Crippen LogP contribution < -0.4 is 9.80 Å². The Balaban J connectivity index is 1.76. The van der Waals surface area contributed by atoms with Gasteiger partial charge in [0, 0.05) is 30.2 Å². The maximum absolute atomic E-state index is 15.0. The summed E-state index contributed by atoms with van der Waals surface area (Å²) >= 11 is 5.53. The average Bonchev–Trinajstić information content (AvgIpc) is 3.25. The van der Waals surface area contributed by atoms with Crippen molar-refractivity contribution in [2.24, 2.45) is 7.05 Å². The summed E-state index contributed by atoms with van der Waals surface area (Å²) in [7, 11) is 1.76. The molecule has 2 aromatic carbocycles. The number of anilines is 2. The fourth-order valence-corrected chi connectivity index (χ4v) is 4.55. The predicted octanol–water partition coefficient (Wildman–Crippen LogP) is 4.83. The lowest BCUT2D eigenvalue weighted by Crippen LogP contribution is -2.47. The van der Waals surface area contributed by atoms with Gasteiger partial charge in [0.05, 0.1) is 34.8 Å². The molecule has 4 rings (SSSR count). The normalized spacial score (nSPS) is 17.9. The molecule has 1 atom stereocenters. The molecule has 1 fully saturated rings. The minimum absolute atomic E-state index is 0.0136. The van der Waals surface area contributed by atoms with Crippen molar-refractivity contribution in [2.45, 2.75) is 31.8 Å². The first-order chi connectivity index (χ1) is 15.9. The number of hydrogen-bond acceptors (Lipinski definition) is 4. The zero-order chi connectivity index (χ0) is 25.0. The van der Waals surface area contributed by atoms with Crippen LogP contribution >= 0.6 is 12.2 Å². The van der Waals surface area contributed by atoms with Crippen LogP contribution in [0.15, 0.2) is 48.9 Å². The third kappa shape index (κ3) is 3.78. The molecule has 11 heteroatoms. The van der Waals surface area contributed by atoms with E-state index in [1.54, 1.807) is 44.1 Å². The molecule has 0 bridgehead atoms. The summed E-state index contributed by atoms with van der Waals surface area (Å²) in [6, 6.07) is 9.01. The smallest absolute Gasteiger partial charge is 0.371 e. The van der Waals surface area contributed by atoms with Crippen molar-refractivity contribution in [3.8, 4) is 17.3 Å². The molecule has 3 aromatic rings. The van der Waals surface area contributed by atoms with E-state index in [1.165, 1.54) is 29.2 Å². The van der Waals surface area contributed by atoms with Crippen LogP contribution in [0.4, 0.5) is 28.9 Å². The van der Waals surface area contributed by atoms with Crippen LogP contribution in [0.1, 0.15) is 25.0 Å². The zero-order valence-electron chi connectivity index (χ0n) is 18.3. The van der Waals surface area contributed by atoms with Gasteiger partial charge in [-0.1, -0.05) is 0 Å².